The number of hydrogen-bond acceptors (Lipinski definition) is 2. The molecule has 0 bridgehead atoms. The first-order valence-electron chi connectivity index (χ1n) is 12.0. The van der Waals surface area contributed by atoms with Gasteiger partial charge in [0, 0.05) is 17.7 Å². The maximum Gasteiger partial charge on any atom is 0.416 e. The van der Waals surface area contributed by atoms with Crippen LogP contribution in [-0.4, -0.2) is 16.7 Å². The molecule has 0 spiro atoms. The number of rotatable bonds is 7. The van der Waals surface area contributed by atoms with E-state index >= 15 is 4.39 Å². The van der Waals surface area contributed by atoms with Crippen molar-refractivity contribution < 1.29 is 31.4 Å². The highest BCUT2D eigenvalue weighted by Gasteiger charge is 2.32. The molecule has 38 heavy (non-hydrogen) atoms. The summed E-state index contributed by atoms with van der Waals surface area (Å²) in [6.07, 6.45) is -6.39. The largest absolute Gasteiger partial charge is 0.416 e. The number of hydrogen-bond donors (Lipinski definition) is 1. The highest BCUT2D eigenvalue weighted by molar-refractivity contribution is 5.80. The predicted octanol–water partition coefficient (Wildman–Crippen LogP) is 8.43. The van der Waals surface area contributed by atoms with Gasteiger partial charge in [-0.2, -0.15) is 13.2 Å². The molecular weight excluding hydrogens is 504 g/mol. The molecule has 1 N–H and O–H groups in total. The van der Waals surface area contributed by atoms with Crippen LogP contribution in [0.5, 0.6) is 0 Å². The van der Waals surface area contributed by atoms with Crippen molar-refractivity contribution in [3.8, 4) is 22.4 Å². The van der Waals surface area contributed by atoms with Gasteiger partial charge in [0.15, 0.2) is 6.17 Å². The maximum atomic E-state index is 16.4. The van der Waals surface area contributed by atoms with Gasteiger partial charge in [0.25, 0.3) is 0 Å². The molecule has 2 nitrogen and oxygen atoms in total. The Balaban J connectivity index is 2.05. The topological polar surface area (TPSA) is 33.1 Å². The van der Waals surface area contributed by atoms with Gasteiger partial charge in [0.2, 0.25) is 0 Å². The Morgan fingerprint density at radius 2 is 1.32 bits per heavy atom. The van der Waals surface area contributed by atoms with E-state index in [0.717, 1.165) is 24.3 Å². The van der Waals surface area contributed by atoms with E-state index in [2.05, 4.69) is 0 Å². The quantitative estimate of drug-likeness (QED) is 0.244. The Kier molecular flexibility index (Phi) is 7.92. The fraction of sp³-hybridized carbons (Fsp3) is 0.233. The van der Waals surface area contributed by atoms with E-state index < -0.39 is 29.5 Å². The Labute approximate surface area is 216 Å². The van der Waals surface area contributed by atoms with Crippen molar-refractivity contribution >= 4 is 0 Å². The Morgan fingerprint density at radius 1 is 0.789 bits per heavy atom. The van der Waals surface area contributed by atoms with Crippen LogP contribution in [0.1, 0.15) is 53.9 Å². The Bertz CT molecular complexity index is 1400. The van der Waals surface area contributed by atoms with Crippen molar-refractivity contribution in [1.82, 2.24) is 4.98 Å². The molecule has 0 aliphatic heterocycles. The first-order valence-corrected chi connectivity index (χ1v) is 12.0. The number of benzene rings is 3. The van der Waals surface area contributed by atoms with Crippen molar-refractivity contribution in [3.63, 3.8) is 0 Å². The van der Waals surface area contributed by atoms with Gasteiger partial charge in [-0.05, 0) is 83.1 Å². The van der Waals surface area contributed by atoms with Crippen molar-refractivity contribution in [1.29, 1.82) is 0 Å². The number of halogens is 6. The molecule has 1 heterocycles. The Morgan fingerprint density at radius 3 is 1.79 bits per heavy atom. The summed E-state index contributed by atoms with van der Waals surface area (Å²) in [4.78, 5) is 4.77. The summed E-state index contributed by atoms with van der Waals surface area (Å²) in [5.41, 5.74) is 1.79. The van der Waals surface area contributed by atoms with Gasteiger partial charge in [-0.1, -0.05) is 38.1 Å². The van der Waals surface area contributed by atoms with Crippen LogP contribution >= 0.6 is 0 Å². The molecule has 1 unspecified atom stereocenters. The van der Waals surface area contributed by atoms with Crippen LogP contribution in [0.15, 0.2) is 72.8 Å². The lowest BCUT2D eigenvalue weighted by molar-refractivity contribution is -0.137. The van der Waals surface area contributed by atoms with Gasteiger partial charge in [0.05, 0.1) is 17.0 Å². The van der Waals surface area contributed by atoms with Crippen LogP contribution in [0.2, 0.25) is 0 Å². The van der Waals surface area contributed by atoms with E-state index in [-0.39, 0.29) is 30.1 Å². The number of pyridine rings is 1. The zero-order valence-electron chi connectivity index (χ0n) is 20.7. The van der Waals surface area contributed by atoms with Gasteiger partial charge in [-0.25, -0.2) is 13.2 Å². The molecule has 8 heteroatoms. The zero-order valence-corrected chi connectivity index (χ0v) is 20.7. The van der Waals surface area contributed by atoms with Crippen LogP contribution in [-0.2, 0) is 12.6 Å². The smallest absolute Gasteiger partial charge is 0.396 e. The summed E-state index contributed by atoms with van der Waals surface area (Å²) in [6, 6.07) is 14.8. The summed E-state index contributed by atoms with van der Waals surface area (Å²) in [5, 5.41) is 9.93. The van der Waals surface area contributed by atoms with E-state index in [0.29, 0.717) is 33.6 Å². The molecule has 3 aromatic carbocycles. The fourth-order valence-electron chi connectivity index (χ4n) is 4.51. The molecule has 1 atom stereocenters. The summed E-state index contributed by atoms with van der Waals surface area (Å²) < 4.78 is 83.3. The standard InChI is InChI=1S/C30H25F6NO/c1-17(2)28-26(27(33)19-3-9-21(10-4-19)30(34,35)36)25(18-5-11-22(31)12-6-18)24(15-16-38)29(37-28)20-7-13-23(32)14-8-20/h3-14,17,27,38H,15-16H2,1-2H3. The molecule has 198 valence electrons. The second-order valence-corrected chi connectivity index (χ2v) is 9.24. The minimum Gasteiger partial charge on any atom is -0.396 e. The SMILES string of the molecule is CC(C)c1nc(-c2ccc(F)cc2)c(CCO)c(-c2ccc(F)cc2)c1C(F)c1ccc(C(F)(F)F)cc1. The molecule has 0 saturated heterocycles. The third kappa shape index (κ3) is 5.60. The number of aliphatic hydroxyl groups is 1. The first kappa shape index (κ1) is 27.4. The van der Waals surface area contributed by atoms with E-state index in [1.165, 1.54) is 48.5 Å². The van der Waals surface area contributed by atoms with Crippen molar-refractivity contribution in [2.45, 2.75) is 38.5 Å². The second-order valence-electron chi connectivity index (χ2n) is 9.24. The molecule has 0 saturated carbocycles. The molecule has 4 rings (SSSR count). The molecule has 0 aliphatic carbocycles. The lowest BCUT2D eigenvalue weighted by atomic mass is 9.83. The average Bonchev–Trinajstić information content (AvgIpc) is 2.88. The normalized spacial score (nSPS) is 12.7. The monoisotopic (exact) mass is 529 g/mol. The maximum absolute atomic E-state index is 16.4. The number of aromatic nitrogens is 1. The third-order valence-corrected chi connectivity index (χ3v) is 6.31. The third-order valence-electron chi connectivity index (χ3n) is 6.31. The highest BCUT2D eigenvalue weighted by Crippen LogP contribution is 2.44. The average molecular weight is 530 g/mol. The van der Waals surface area contributed by atoms with Crippen molar-refractivity contribution in [2.75, 3.05) is 6.61 Å². The lowest BCUT2D eigenvalue weighted by Crippen LogP contribution is -2.13. The summed E-state index contributed by atoms with van der Waals surface area (Å²) >= 11 is 0. The molecule has 4 aromatic rings. The summed E-state index contributed by atoms with van der Waals surface area (Å²) in [7, 11) is 0. The fourth-order valence-corrected chi connectivity index (χ4v) is 4.51. The van der Waals surface area contributed by atoms with Gasteiger partial charge in [0.1, 0.15) is 11.6 Å². The van der Waals surface area contributed by atoms with Crippen LogP contribution in [0.25, 0.3) is 22.4 Å². The number of nitrogens with zero attached hydrogens (tertiary/aromatic N) is 1. The zero-order chi connectivity index (χ0) is 27.6. The minimum atomic E-state index is -4.57. The molecule has 0 aliphatic rings. The molecule has 0 radical (unpaired) electrons. The molecule has 0 amide bonds. The van der Waals surface area contributed by atoms with E-state index in [1.807, 2.05) is 0 Å². The number of alkyl halides is 4. The van der Waals surface area contributed by atoms with E-state index in [4.69, 9.17) is 4.98 Å². The summed E-state index contributed by atoms with van der Waals surface area (Å²) in [6.45, 7) is 3.29. The van der Waals surface area contributed by atoms with Crippen LogP contribution in [0, 0.1) is 11.6 Å². The minimum absolute atomic E-state index is 0.00505. The Hall–Kier alpha value is -3.65. The van der Waals surface area contributed by atoms with E-state index in [1.54, 1.807) is 13.8 Å². The first-order chi connectivity index (χ1) is 18.0. The van der Waals surface area contributed by atoms with Gasteiger partial charge in [-0.3, -0.25) is 4.98 Å². The van der Waals surface area contributed by atoms with Crippen molar-refractivity contribution in [3.05, 3.63) is 112 Å². The van der Waals surface area contributed by atoms with Gasteiger partial charge >= 0.3 is 6.18 Å². The molecular formula is C30H25F6NO. The van der Waals surface area contributed by atoms with Crippen LogP contribution in [0.4, 0.5) is 26.3 Å². The molecule has 1 aromatic heterocycles. The van der Waals surface area contributed by atoms with Crippen LogP contribution in [0.3, 0.4) is 0 Å². The second kappa shape index (κ2) is 11.0. The summed E-state index contributed by atoms with van der Waals surface area (Å²) in [5.74, 6) is -1.28. The highest BCUT2D eigenvalue weighted by atomic mass is 19.4. The predicted molar refractivity (Wildman–Crippen MR) is 134 cm³/mol. The molecule has 0 fully saturated rings. The van der Waals surface area contributed by atoms with Crippen molar-refractivity contribution in [2.24, 2.45) is 0 Å². The van der Waals surface area contributed by atoms with E-state index in [9.17, 15) is 27.1 Å². The van der Waals surface area contributed by atoms with Crippen LogP contribution < -0.4 is 0 Å². The lowest BCUT2D eigenvalue weighted by Gasteiger charge is -2.26. The van der Waals surface area contributed by atoms with Gasteiger partial charge in [-0.15, -0.1) is 0 Å². The van der Waals surface area contributed by atoms with Gasteiger partial charge < -0.3 is 5.11 Å². The number of aliphatic hydroxyl groups excluding tert-OH is 1.